The number of phenols is 3. The van der Waals surface area contributed by atoms with Crippen LogP contribution in [0, 0.1) is 0 Å². The zero-order chi connectivity index (χ0) is 90.7. The number of rotatable bonds is 18. The molecule has 5 fully saturated rings. The summed E-state index contributed by atoms with van der Waals surface area (Å²) in [4.78, 5) is 17.2. The van der Waals surface area contributed by atoms with Gasteiger partial charge in [-0.25, -0.2) is 18.6 Å². The summed E-state index contributed by atoms with van der Waals surface area (Å²) in [5.41, 5.74) is 11.7. The van der Waals surface area contributed by atoms with E-state index in [1.54, 1.807) is 48.5 Å². The molecule has 5 aliphatic carbocycles. The largest absolute Gasteiger partial charge is 1.00 e. The van der Waals surface area contributed by atoms with Crippen molar-refractivity contribution in [3.05, 3.63) is 303 Å². The van der Waals surface area contributed by atoms with Crippen LogP contribution in [0.2, 0.25) is 0 Å². The second kappa shape index (κ2) is 87.1. The van der Waals surface area contributed by atoms with E-state index in [2.05, 4.69) is 144 Å². The average molecular weight is 2170 g/mol. The first-order valence-corrected chi connectivity index (χ1v) is 45.3. The number of nitrogens with one attached hydrogen (secondary N) is 1. The van der Waals surface area contributed by atoms with Crippen LogP contribution < -0.4 is 113 Å². The third-order valence-electron chi connectivity index (χ3n) is 23.1. The van der Waals surface area contributed by atoms with Gasteiger partial charge in [0.15, 0.2) is 0 Å². The number of carbonyl (C=O) groups excluding carboxylic acids is 1. The van der Waals surface area contributed by atoms with Crippen LogP contribution in [-0.2, 0) is 43.7 Å². The number of benzene rings is 9. The monoisotopic (exact) mass is 2170 g/mol. The van der Waals surface area contributed by atoms with E-state index in [1.165, 1.54) is 96.7 Å². The number of carboxylic acid groups (broad SMARTS) is 1. The number of halogens is 7. The first-order chi connectivity index (χ1) is 60.9. The normalized spacial score (nSPS) is 18.5. The molecule has 3 saturated carbocycles. The van der Waals surface area contributed by atoms with Crippen LogP contribution in [0.15, 0.2) is 259 Å². The summed E-state index contributed by atoms with van der Waals surface area (Å²) in [5.74, 6) is 4.08. The number of aliphatic hydroxyl groups is 2. The number of aromatic hydroxyl groups is 3. The maximum atomic E-state index is 13.6. The van der Waals surface area contributed by atoms with E-state index in [0.29, 0.717) is 57.7 Å². The molecular formula is C106H157B3BrClF5NNa3O14S6. The summed E-state index contributed by atoms with van der Waals surface area (Å²) < 4.78 is 86.4. The van der Waals surface area contributed by atoms with Gasteiger partial charge in [-0.1, -0.05) is 241 Å². The molecule has 0 bridgehead atoms. The van der Waals surface area contributed by atoms with E-state index in [4.69, 9.17) is 48.7 Å². The summed E-state index contributed by atoms with van der Waals surface area (Å²) in [6.07, 6.45) is 26.0. The zero-order valence-corrected chi connectivity index (χ0v) is 95.4. The topological polar surface area (TPSA) is 218 Å². The SMILES string of the molecule is Brc1ccc(OCc2ccccc2)cc1.C.C.C.C1=C(c2ccc(OCc3ccccc3)cc2)CCCC1.CC1(C)OB(C2=CCCCC2)OC1(C)C.CCOOCC.Cl.FB(F)F.O=C[O-].O[C@@H]1CCCC[C@H]1c1ccc(OCc2ccccc2)cc1.Oc1ccc([C@@H]2CCCC[C@H]2F)cc1.Oc1ccc([C@@H]2CCCC[C@H]2O)cc1.Oc1ccc([C@@H]2CCNC[C@H]2F)cc1.S.S.S.S.S.S.[B].[H-].[H-].[Na+].[Na+].[Na+]. The number of piperidine rings is 1. The van der Waals surface area contributed by atoms with Gasteiger partial charge in [-0.15, -0.1) is 12.4 Å². The third-order valence-corrected chi connectivity index (χ3v) is 23.6. The number of allylic oxidation sites excluding steroid dienone is 4. The molecule has 3 radical (unpaired) electrons. The van der Waals surface area contributed by atoms with Crippen LogP contribution in [0.4, 0.5) is 21.7 Å². The van der Waals surface area contributed by atoms with Crippen LogP contribution in [0.3, 0.4) is 0 Å². The van der Waals surface area contributed by atoms with Crippen molar-refractivity contribution in [3.63, 3.8) is 0 Å². The van der Waals surface area contributed by atoms with Gasteiger partial charge >= 0.3 is 103 Å². The molecule has 2 aliphatic heterocycles. The molecule has 9 aromatic carbocycles. The van der Waals surface area contributed by atoms with E-state index >= 15 is 0 Å². The van der Waals surface area contributed by atoms with E-state index in [9.17, 15) is 31.9 Å². The van der Waals surface area contributed by atoms with Crippen LogP contribution >= 0.6 is 109 Å². The molecule has 9 aromatic rings. The predicted octanol–water partition coefficient (Wildman–Crippen LogP) is 18.3. The van der Waals surface area contributed by atoms with Crippen molar-refractivity contribution in [2.75, 3.05) is 26.3 Å². The molecule has 6 N–H and O–H groups in total. The number of carbonyl (C=O) groups is 1. The molecule has 0 unspecified atom stereocenters. The number of alkyl halides is 2. The number of ether oxygens (including phenoxy) is 3. The summed E-state index contributed by atoms with van der Waals surface area (Å²) in [5, 5.41) is 58.6. The minimum absolute atomic E-state index is 0. The number of phenolic OH excluding ortho intramolecular Hbond substituents is 3. The van der Waals surface area contributed by atoms with E-state index < -0.39 is 26.4 Å². The fraction of sp³-hybridized carbons (Fsp3) is 0.443. The fourth-order valence-corrected chi connectivity index (χ4v) is 15.8. The van der Waals surface area contributed by atoms with Gasteiger partial charge in [-0.2, -0.15) is 81.0 Å². The molecule has 0 aromatic heterocycles. The standard InChI is InChI=1S/C19H22O2.C19H20O.C13H11BrO.C12H21BO2.C12H15FO.C12H16O2.C11H14FNO.C4H10O2.CH2O2.3CH4.BF3.B.ClH.3Na.6H2S.2H/c20-19-9-5-4-8-18(19)16-10-12-17(13-11-16)21-14-15-6-2-1-3-7-15;1-3-7-16(8-4-1)15-20-19-13-11-18(12-14-19)17-9-5-2-6-10-17;14-12-6-8-13(9-7-12)15-10-11-4-2-1-3-5-11;1-11(2)12(3,4)15-13(14-11)10-8-6-5-7-9-10;13-12-4-2-1-3-11(12)9-5-7-10(14)8-6-9;13-10-7-5-9(6-8-10)11-3-1-2-4-12(11)14;12-11-7-13-6-5-10(11)8-1-3-9(14)4-2-8;1-3-5-6-4-2;2-1-3;;;;2-1(3)4;;;;;;;;;;;;;/h1-3,6-7,10-13,18-20H,4-5,8-9,14H2;1,3-4,7-9,11-14H,2,5-6,10,15H2;1-9H,10H2;8H,5-7,9H2,1-4H3;5-8,11-12,14H,1-4H2;5-8,11-14H,1-4H2;1-4,10-11,13-14H,5-7H2;3-4H2,1-2H3;1H,(H,2,3);3*1H4;;;1H;;;;6*1H2;;/q;;;;;;;;;;;;;;;3*+1;;;;;;;2*-1/p-1/t18-,19+;;;;2*11-,12+;10-,11+;;;;;;;;;;;;;;;;;;;/m0...000.................../s1. The smallest absolute Gasteiger partial charge is 1.00 e. The molecule has 15 nitrogen and oxygen atoms in total. The van der Waals surface area contributed by atoms with Crippen molar-refractivity contribution >= 4 is 144 Å². The second-order valence-electron chi connectivity index (χ2n) is 32.8. The number of aliphatic hydroxyl groups excluding tert-OH is 2. The first-order valence-electron chi connectivity index (χ1n) is 44.5. The van der Waals surface area contributed by atoms with Crippen molar-refractivity contribution in [2.45, 2.75) is 278 Å². The quantitative estimate of drug-likeness (QED) is 0.0118. The van der Waals surface area contributed by atoms with Gasteiger partial charge in [-0.05, 0) is 285 Å². The van der Waals surface area contributed by atoms with Gasteiger partial charge in [0.05, 0.1) is 36.6 Å². The maximum Gasteiger partial charge on any atom is 1.00 e. The Balaban J connectivity index is -0.000000173. The molecule has 767 valence electrons. The van der Waals surface area contributed by atoms with Gasteiger partial charge in [0.25, 0.3) is 0 Å². The first kappa shape index (κ1) is 151. The molecule has 2 saturated heterocycles. The molecule has 0 spiro atoms. The van der Waals surface area contributed by atoms with E-state index in [0.717, 1.165) is 116 Å². The molecular weight excluding hydrogens is 2020 g/mol. The maximum absolute atomic E-state index is 13.6. The summed E-state index contributed by atoms with van der Waals surface area (Å²) in [7, 11) is -3.77. The van der Waals surface area contributed by atoms with Gasteiger partial charge in [0.1, 0.15) is 66.7 Å². The molecule has 16 rings (SSSR count). The molecule has 34 heteroatoms. The Kier molecular flexibility index (Phi) is 94.2. The number of hydrogen-bond acceptors (Lipinski definition) is 15. The van der Waals surface area contributed by atoms with Gasteiger partial charge in [-0.3, -0.25) is 12.9 Å². The molecule has 0 amide bonds. The van der Waals surface area contributed by atoms with E-state index in [1.807, 2.05) is 129 Å². The van der Waals surface area contributed by atoms with Gasteiger partial charge < -0.3 is 67.1 Å². The van der Waals surface area contributed by atoms with Crippen molar-refractivity contribution in [2.24, 2.45) is 0 Å². The summed E-state index contributed by atoms with van der Waals surface area (Å²) in [6.45, 7) is 16.1. The molecule has 2 heterocycles. The fourth-order valence-electron chi connectivity index (χ4n) is 15.5. The molecule has 7 aliphatic rings. The van der Waals surface area contributed by atoms with Crippen LogP contribution in [0.1, 0.15) is 270 Å². The zero-order valence-electron chi connectivity index (χ0n) is 83.0. The minimum Gasteiger partial charge on any atom is -1.00 e. The predicted molar refractivity (Wildman–Crippen MR) is 595 cm³/mol. The van der Waals surface area contributed by atoms with Crippen LogP contribution in [0.25, 0.3) is 5.57 Å². The number of hydrogen-bond donors (Lipinski definition) is 6. The van der Waals surface area contributed by atoms with Crippen molar-refractivity contribution < 1.29 is 182 Å². The Hall–Kier alpha value is -3.84. The Morgan fingerprint density at radius 3 is 1.08 bits per heavy atom. The van der Waals surface area contributed by atoms with Gasteiger partial charge in [0, 0.05) is 49.6 Å². The average Bonchev–Trinajstić information content (AvgIpc) is 1.62. The Morgan fingerprint density at radius 1 is 0.450 bits per heavy atom. The van der Waals surface area contributed by atoms with Crippen molar-refractivity contribution in [3.8, 4) is 34.5 Å². The summed E-state index contributed by atoms with van der Waals surface area (Å²) in [6, 6.07) is 76.1. The Morgan fingerprint density at radius 2 is 0.757 bits per heavy atom. The van der Waals surface area contributed by atoms with Crippen molar-refractivity contribution in [1.29, 1.82) is 0 Å². The van der Waals surface area contributed by atoms with Gasteiger partial charge in [0.2, 0.25) is 0 Å². The molecule has 140 heavy (non-hydrogen) atoms. The Labute approximate surface area is 963 Å². The van der Waals surface area contributed by atoms with Crippen molar-refractivity contribution in [1.82, 2.24) is 5.32 Å². The Bertz CT molecular complexity index is 4350. The molecule has 8 atom stereocenters. The third kappa shape index (κ3) is 58.8. The summed E-state index contributed by atoms with van der Waals surface area (Å²) >= 11 is 3.39. The van der Waals surface area contributed by atoms with Crippen LogP contribution in [0.5, 0.6) is 34.5 Å². The van der Waals surface area contributed by atoms with Crippen LogP contribution in [-0.4, -0.2) is 117 Å². The van der Waals surface area contributed by atoms with E-state index in [-0.39, 0.29) is 275 Å². The second-order valence-corrected chi connectivity index (χ2v) is 33.7. The minimum atomic E-state index is -3.67.